The molecule has 2 rings (SSSR count). The number of hydrogen-bond donors (Lipinski definition) is 0. The zero-order chi connectivity index (χ0) is 8.72. The Balaban J connectivity index is 2.48. The molecule has 0 saturated heterocycles. The predicted octanol–water partition coefficient (Wildman–Crippen LogP) is 0.622. The molecule has 1 aliphatic heterocycles. The number of carbonyl (C=O) groups excluding carboxylic acids is 1. The van der Waals surface area contributed by atoms with Crippen molar-refractivity contribution in [2.24, 2.45) is 0 Å². The third-order valence-electron chi connectivity index (χ3n) is 1.96. The van der Waals surface area contributed by atoms with Gasteiger partial charge >= 0.3 is 0 Å². The number of fused-ring (bicyclic) bond motifs is 1. The van der Waals surface area contributed by atoms with Crippen molar-refractivity contribution in [1.82, 2.24) is 14.7 Å². The highest BCUT2D eigenvalue weighted by Crippen LogP contribution is 2.14. The van der Waals surface area contributed by atoms with Crippen LogP contribution >= 0.6 is 11.6 Å². The molecule has 0 radical (unpaired) electrons. The van der Waals surface area contributed by atoms with Gasteiger partial charge in [0.1, 0.15) is 5.69 Å². The van der Waals surface area contributed by atoms with Crippen molar-refractivity contribution in [2.45, 2.75) is 6.54 Å². The molecule has 1 aliphatic rings. The second-order valence-corrected chi connectivity index (χ2v) is 3.19. The topological polar surface area (TPSA) is 38.1 Å². The molecule has 0 N–H and O–H groups in total. The second kappa shape index (κ2) is 2.48. The van der Waals surface area contributed by atoms with E-state index in [1.165, 1.54) is 0 Å². The van der Waals surface area contributed by atoms with E-state index in [1.807, 2.05) is 0 Å². The molecule has 0 aliphatic carbocycles. The van der Waals surface area contributed by atoms with Crippen LogP contribution in [0.25, 0.3) is 0 Å². The number of likely N-dealkylation sites (N-methyl/N-ethyl adjacent to an activating group) is 1. The largest absolute Gasteiger partial charge is 0.339 e. The van der Waals surface area contributed by atoms with Crippen molar-refractivity contribution in [3.05, 3.63) is 16.9 Å². The molecule has 12 heavy (non-hydrogen) atoms. The van der Waals surface area contributed by atoms with Gasteiger partial charge in [-0.3, -0.25) is 9.48 Å². The van der Waals surface area contributed by atoms with Crippen LogP contribution in [0.3, 0.4) is 0 Å². The maximum Gasteiger partial charge on any atom is 0.271 e. The van der Waals surface area contributed by atoms with E-state index in [4.69, 9.17) is 11.6 Å². The van der Waals surface area contributed by atoms with Gasteiger partial charge in [-0.1, -0.05) is 11.6 Å². The van der Waals surface area contributed by atoms with Crippen LogP contribution < -0.4 is 0 Å². The molecule has 64 valence electrons. The molecule has 2 heterocycles. The summed E-state index contributed by atoms with van der Waals surface area (Å²) in [5, 5.41) is 4.35. The molecule has 0 spiro atoms. The van der Waals surface area contributed by atoms with Gasteiger partial charge < -0.3 is 4.90 Å². The normalized spacial score (nSPS) is 16.5. The van der Waals surface area contributed by atoms with Gasteiger partial charge in [0, 0.05) is 19.7 Å². The van der Waals surface area contributed by atoms with E-state index in [2.05, 4.69) is 5.10 Å². The van der Waals surface area contributed by atoms with Crippen LogP contribution in [-0.4, -0.2) is 34.2 Å². The lowest BCUT2D eigenvalue weighted by molar-refractivity contribution is 0.0743. The summed E-state index contributed by atoms with van der Waals surface area (Å²) in [7, 11) is 1.77. The summed E-state index contributed by atoms with van der Waals surface area (Å²) in [6.07, 6.45) is 0. The Morgan fingerprint density at radius 2 is 2.33 bits per heavy atom. The lowest BCUT2D eigenvalue weighted by Gasteiger charge is -2.22. The van der Waals surface area contributed by atoms with Gasteiger partial charge in [-0.2, -0.15) is 5.10 Å². The van der Waals surface area contributed by atoms with Gasteiger partial charge in [0.25, 0.3) is 5.91 Å². The number of halogens is 1. The van der Waals surface area contributed by atoms with Gasteiger partial charge in [-0.15, -0.1) is 0 Å². The third-order valence-corrected chi connectivity index (χ3v) is 2.15. The molecule has 0 saturated carbocycles. The Bertz CT molecular complexity index is 333. The van der Waals surface area contributed by atoms with Gasteiger partial charge in [0.2, 0.25) is 0 Å². The Morgan fingerprint density at radius 3 is 3.08 bits per heavy atom. The number of amides is 1. The number of carbonyl (C=O) groups is 1. The Labute approximate surface area is 74.7 Å². The Kier molecular flexibility index (Phi) is 1.58. The highest BCUT2D eigenvalue weighted by molar-refractivity contribution is 6.29. The van der Waals surface area contributed by atoms with Crippen LogP contribution in [0.1, 0.15) is 10.5 Å². The molecule has 0 aromatic carbocycles. The van der Waals surface area contributed by atoms with E-state index in [0.717, 1.165) is 6.54 Å². The SMILES string of the molecule is CN1CCn2nc(Cl)cc2C1=O. The van der Waals surface area contributed by atoms with E-state index in [0.29, 0.717) is 17.4 Å². The quantitative estimate of drug-likeness (QED) is 0.595. The molecule has 0 atom stereocenters. The van der Waals surface area contributed by atoms with E-state index in [9.17, 15) is 4.79 Å². The van der Waals surface area contributed by atoms with Crippen LogP contribution in [-0.2, 0) is 6.54 Å². The average Bonchev–Trinajstić information content (AvgIpc) is 2.39. The minimum atomic E-state index is -0.0133. The van der Waals surface area contributed by atoms with Crippen LogP contribution in [0.2, 0.25) is 5.15 Å². The zero-order valence-corrected chi connectivity index (χ0v) is 7.38. The van der Waals surface area contributed by atoms with Gasteiger partial charge in [0.05, 0.1) is 6.54 Å². The first kappa shape index (κ1) is 7.61. The van der Waals surface area contributed by atoms with Crippen molar-refractivity contribution in [2.75, 3.05) is 13.6 Å². The predicted molar refractivity (Wildman–Crippen MR) is 44.2 cm³/mol. The minimum Gasteiger partial charge on any atom is -0.339 e. The smallest absolute Gasteiger partial charge is 0.271 e. The first-order chi connectivity index (χ1) is 5.68. The molecular formula is C7H8ClN3O. The van der Waals surface area contributed by atoms with Gasteiger partial charge in [-0.05, 0) is 0 Å². The maximum absolute atomic E-state index is 11.4. The second-order valence-electron chi connectivity index (χ2n) is 2.80. The number of hydrogen-bond acceptors (Lipinski definition) is 2. The number of nitrogens with zero attached hydrogens (tertiary/aromatic N) is 3. The van der Waals surface area contributed by atoms with Gasteiger partial charge in [0.15, 0.2) is 5.15 Å². The molecule has 5 heteroatoms. The number of rotatable bonds is 0. The Hall–Kier alpha value is -1.03. The fraction of sp³-hybridized carbons (Fsp3) is 0.429. The summed E-state index contributed by atoms with van der Waals surface area (Å²) in [5.74, 6) is -0.0133. The average molecular weight is 186 g/mol. The van der Waals surface area contributed by atoms with Crippen LogP contribution in [0.15, 0.2) is 6.07 Å². The number of aromatic nitrogens is 2. The summed E-state index contributed by atoms with van der Waals surface area (Å²) in [5.41, 5.74) is 0.578. The van der Waals surface area contributed by atoms with Gasteiger partial charge in [-0.25, -0.2) is 0 Å². The van der Waals surface area contributed by atoms with Crippen molar-refractivity contribution in [1.29, 1.82) is 0 Å². The maximum atomic E-state index is 11.4. The van der Waals surface area contributed by atoms with E-state index >= 15 is 0 Å². The molecule has 1 aromatic heterocycles. The molecule has 1 aromatic rings. The van der Waals surface area contributed by atoms with Crippen LogP contribution in [0.4, 0.5) is 0 Å². The summed E-state index contributed by atoms with van der Waals surface area (Å²) in [6, 6.07) is 1.60. The Morgan fingerprint density at radius 1 is 1.58 bits per heavy atom. The lowest BCUT2D eigenvalue weighted by Crippen LogP contribution is -2.37. The molecule has 0 fully saturated rings. The summed E-state index contributed by atoms with van der Waals surface area (Å²) < 4.78 is 1.64. The zero-order valence-electron chi connectivity index (χ0n) is 6.62. The highest BCUT2D eigenvalue weighted by atomic mass is 35.5. The summed E-state index contributed by atoms with van der Waals surface area (Å²) in [6.45, 7) is 1.42. The van der Waals surface area contributed by atoms with Crippen molar-refractivity contribution < 1.29 is 4.79 Å². The first-order valence-electron chi connectivity index (χ1n) is 3.67. The standard InChI is InChI=1S/C7H8ClN3O/c1-10-2-3-11-5(7(10)12)4-6(8)9-11/h4H,2-3H2,1H3. The fourth-order valence-corrected chi connectivity index (χ4v) is 1.46. The molecule has 4 nitrogen and oxygen atoms in total. The van der Waals surface area contributed by atoms with E-state index in [-0.39, 0.29) is 5.91 Å². The summed E-state index contributed by atoms with van der Waals surface area (Å²) >= 11 is 5.66. The monoisotopic (exact) mass is 185 g/mol. The van der Waals surface area contributed by atoms with Crippen LogP contribution in [0.5, 0.6) is 0 Å². The van der Waals surface area contributed by atoms with Crippen molar-refractivity contribution >= 4 is 17.5 Å². The summed E-state index contributed by atoms with van der Waals surface area (Å²) in [4.78, 5) is 13.1. The van der Waals surface area contributed by atoms with E-state index in [1.54, 1.807) is 22.7 Å². The first-order valence-corrected chi connectivity index (χ1v) is 4.05. The van der Waals surface area contributed by atoms with Crippen molar-refractivity contribution in [3.63, 3.8) is 0 Å². The third kappa shape index (κ3) is 0.992. The molecule has 1 amide bonds. The minimum absolute atomic E-state index is 0.0133. The lowest BCUT2D eigenvalue weighted by atomic mass is 10.3. The molecule has 0 bridgehead atoms. The highest BCUT2D eigenvalue weighted by Gasteiger charge is 2.22. The molecule has 0 unspecified atom stereocenters. The van der Waals surface area contributed by atoms with Crippen molar-refractivity contribution in [3.8, 4) is 0 Å². The van der Waals surface area contributed by atoms with E-state index < -0.39 is 0 Å². The fourth-order valence-electron chi connectivity index (χ4n) is 1.27. The molecular weight excluding hydrogens is 178 g/mol. The van der Waals surface area contributed by atoms with Crippen LogP contribution in [0, 0.1) is 0 Å².